The lowest BCUT2D eigenvalue weighted by atomic mass is 9.80. The lowest BCUT2D eigenvalue weighted by molar-refractivity contribution is 0.0215. The fraction of sp³-hybridized carbons (Fsp3) is 0.364. The second-order valence-electron chi connectivity index (χ2n) is 7.08. The van der Waals surface area contributed by atoms with Gasteiger partial charge < -0.3 is 14.7 Å². The molecule has 1 aliphatic rings. The van der Waals surface area contributed by atoms with Crippen molar-refractivity contribution in [2.75, 3.05) is 27.7 Å². The molecule has 0 heterocycles. The van der Waals surface area contributed by atoms with Gasteiger partial charge in [0.05, 0.1) is 7.11 Å². The van der Waals surface area contributed by atoms with Crippen molar-refractivity contribution in [1.29, 1.82) is 0 Å². The molecular weight excluding hydrogens is 310 g/mol. The van der Waals surface area contributed by atoms with E-state index in [-0.39, 0.29) is 5.92 Å². The molecule has 0 aliphatic heterocycles. The summed E-state index contributed by atoms with van der Waals surface area (Å²) in [5, 5.41) is 11.9. The predicted octanol–water partition coefficient (Wildman–Crippen LogP) is 3.94. The molecule has 1 N–H and O–H groups in total. The third-order valence-electron chi connectivity index (χ3n) is 5.08. The van der Waals surface area contributed by atoms with E-state index in [0.29, 0.717) is 0 Å². The van der Waals surface area contributed by atoms with Crippen LogP contribution in [-0.4, -0.2) is 37.8 Å². The quantitative estimate of drug-likeness (QED) is 0.897. The monoisotopic (exact) mass is 337 g/mol. The molecule has 3 heteroatoms. The second-order valence-corrected chi connectivity index (χ2v) is 7.08. The van der Waals surface area contributed by atoms with Crippen molar-refractivity contribution in [3.8, 4) is 5.75 Å². The molecule has 3 rings (SSSR count). The van der Waals surface area contributed by atoms with Gasteiger partial charge in [-0.15, -0.1) is 0 Å². The lowest BCUT2D eigenvalue weighted by Gasteiger charge is -2.34. The van der Waals surface area contributed by atoms with Crippen molar-refractivity contribution >= 4 is 6.08 Å². The van der Waals surface area contributed by atoms with E-state index in [1.165, 1.54) is 0 Å². The molecule has 0 saturated heterocycles. The average Bonchev–Trinajstić information content (AvgIpc) is 2.93. The first-order chi connectivity index (χ1) is 12.0. The van der Waals surface area contributed by atoms with Gasteiger partial charge >= 0.3 is 0 Å². The molecule has 0 amide bonds. The summed E-state index contributed by atoms with van der Waals surface area (Å²) >= 11 is 0. The highest BCUT2D eigenvalue weighted by Gasteiger charge is 2.46. The molecule has 2 aromatic rings. The van der Waals surface area contributed by atoms with E-state index in [0.717, 1.165) is 41.8 Å². The van der Waals surface area contributed by atoms with Gasteiger partial charge in [0.15, 0.2) is 0 Å². The second kappa shape index (κ2) is 7.42. The van der Waals surface area contributed by atoms with Gasteiger partial charge in [0.2, 0.25) is 0 Å². The van der Waals surface area contributed by atoms with Crippen LogP contribution in [0.3, 0.4) is 0 Å². The summed E-state index contributed by atoms with van der Waals surface area (Å²) in [4.78, 5) is 2.15. The van der Waals surface area contributed by atoms with Crippen molar-refractivity contribution < 1.29 is 9.84 Å². The Balaban J connectivity index is 2.07. The number of methoxy groups -OCH3 is 1. The van der Waals surface area contributed by atoms with Crippen LogP contribution in [-0.2, 0) is 5.60 Å². The fourth-order valence-corrected chi connectivity index (χ4v) is 3.87. The number of hydrogen-bond donors (Lipinski definition) is 1. The minimum atomic E-state index is -0.964. The predicted molar refractivity (Wildman–Crippen MR) is 103 cm³/mol. The van der Waals surface area contributed by atoms with Crippen LogP contribution in [0.2, 0.25) is 0 Å². The molecule has 0 aromatic heterocycles. The average molecular weight is 337 g/mol. The summed E-state index contributed by atoms with van der Waals surface area (Å²) in [7, 11) is 5.78. The summed E-state index contributed by atoms with van der Waals surface area (Å²) in [6.07, 6.45) is 4.03. The summed E-state index contributed by atoms with van der Waals surface area (Å²) in [5.74, 6) is 0.935. The standard InChI is InChI=1S/C22H27NO2/c1-23(2)16-20-13-12-19(14-17-8-5-4-6-9-17)22(20,24)18-10-7-11-21(15-18)25-3/h4-11,14-15,20,24H,12-13,16H2,1-3H3. The summed E-state index contributed by atoms with van der Waals surface area (Å²) in [5.41, 5.74) is 2.16. The van der Waals surface area contributed by atoms with Crippen molar-refractivity contribution in [1.82, 2.24) is 4.90 Å². The lowest BCUT2D eigenvalue weighted by Crippen LogP contribution is -2.37. The van der Waals surface area contributed by atoms with Crippen LogP contribution in [0.1, 0.15) is 24.0 Å². The molecule has 3 nitrogen and oxygen atoms in total. The Bertz CT molecular complexity index is 739. The van der Waals surface area contributed by atoms with Crippen LogP contribution in [0, 0.1) is 5.92 Å². The van der Waals surface area contributed by atoms with E-state index >= 15 is 0 Å². The van der Waals surface area contributed by atoms with Gasteiger partial charge in [0.25, 0.3) is 0 Å². The molecular formula is C22H27NO2. The largest absolute Gasteiger partial charge is 0.497 e. The zero-order valence-corrected chi connectivity index (χ0v) is 15.3. The van der Waals surface area contributed by atoms with Crippen molar-refractivity contribution in [3.63, 3.8) is 0 Å². The van der Waals surface area contributed by atoms with Gasteiger partial charge in [-0.05, 0) is 55.8 Å². The SMILES string of the molecule is COc1cccc(C2(O)C(=Cc3ccccc3)CCC2CN(C)C)c1. The molecule has 0 spiro atoms. The van der Waals surface area contributed by atoms with Crippen LogP contribution < -0.4 is 4.74 Å². The molecule has 0 bridgehead atoms. The molecule has 1 aliphatic carbocycles. The topological polar surface area (TPSA) is 32.7 Å². The number of nitrogens with zero attached hydrogens (tertiary/aromatic N) is 1. The first-order valence-electron chi connectivity index (χ1n) is 8.81. The summed E-state index contributed by atoms with van der Waals surface area (Å²) in [6.45, 7) is 0.847. The molecule has 1 saturated carbocycles. The van der Waals surface area contributed by atoms with E-state index in [4.69, 9.17) is 4.74 Å². The number of rotatable bonds is 5. The van der Waals surface area contributed by atoms with E-state index in [1.807, 2.05) is 42.5 Å². The Morgan fingerprint density at radius 2 is 1.92 bits per heavy atom. The Hall–Kier alpha value is -2.10. The Morgan fingerprint density at radius 1 is 1.16 bits per heavy atom. The maximum absolute atomic E-state index is 11.9. The number of aliphatic hydroxyl groups is 1. The summed E-state index contributed by atoms with van der Waals surface area (Å²) in [6, 6.07) is 18.1. The van der Waals surface area contributed by atoms with Crippen LogP contribution in [0.25, 0.3) is 6.08 Å². The molecule has 2 aromatic carbocycles. The highest BCUT2D eigenvalue weighted by molar-refractivity contribution is 5.58. The molecule has 2 unspecified atom stereocenters. The highest BCUT2D eigenvalue weighted by Crippen LogP contribution is 2.49. The van der Waals surface area contributed by atoms with Gasteiger partial charge in [-0.1, -0.05) is 48.5 Å². The van der Waals surface area contributed by atoms with Gasteiger partial charge in [-0.2, -0.15) is 0 Å². The molecule has 2 atom stereocenters. The number of hydrogen-bond acceptors (Lipinski definition) is 3. The highest BCUT2D eigenvalue weighted by atomic mass is 16.5. The van der Waals surface area contributed by atoms with E-state index in [9.17, 15) is 5.11 Å². The van der Waals surface area contributed by atoms with E-state index in [2.05, 4.69) is 37.2 Å². The maximum atomic E-state index is 11.9. The van der Waals surface area contributed by atoms with Crippen LogP contribution in [0.5, 0.6) is 5.75 Å². The third kappa shape index (κ3) is 3.63. The van der Waals surface area contributed by atoms with Gasteiger partial charge in [0.1, 0.15) is 11.4 Å². The van der Waals surface area contributed by atoms with E-state index < -0.39 is 5.60 Å². The van der Waals surface area contributed by atoms with Gasteiger partial charge in [0, 0.05) is 12.5 Å². The number of benzene rings is 2. The zero-order chi connectivity index (χ0) is 17.9. The fourth-order valence-electron chi connectivity index (χ4n) is 3.87. The van der Waals surface area contributed by atoms with Crippen molar-refractivity contribution in [2.24, 2.45) is 5.92 Å². The molecule has 1 fully saturated rings. The normalized spacial score (nSPS) is 24.8. The smallest absolute Gasteiger partial charge is 0.119 e. The van der Waals surface area contributed by atoms with E-state index in [1.54, 1.807) is 7.11 Å². The molecule has 25 heavy (non-hydrogen) atoms. The Morgan fingerprint density at radius 3 is 2.60 bits per heavy atom. The van der Waals surface area contributed by atoms with Crippen molar-refractivity contribution in [2.45, 2.75) is 18.4 Å². The van der Waals surface area contributed by atoms with Crippen molar-refractivity contribution in [3.05, 3.63) is 71.3 Å². The minimum Gasteiger partial charge on any atom is -0.497 e. The zero-order valence-electron chi connectivity index (χ0n) is 15.3. The van der Waals surface area contributed by atoms with Gasteiger partial charge in [-0.3, -0.25) is 0 Å². The minimum absolute atomic E-state index is 0.157. The summed E-state index contributed by atoms with van der Waals surface area (Å²) < 4.78 is 5.39. The van der Waals surface area contributed by atoms with Gasteiger partial charge in [-0.25, -0.2) is 0 Å². The van der Waals surface area contributed by atoms with Crippen LogP contribution >= 0.6 is 0 Å². The van der Waals surface area contributed by atoms with Crippen LogP contribution in [0.15, 0.2) is 60.2 Å². The molecule has 0 radical (unpaired) electrons. The maximum Gasteiger partial charge on any atom is 0.119 e. The molecule has 132 valence electrons. The third-order valence-corrected chi connectivity index (χ3v) is 5.08. The first-order valence-corrected chi connectivity index (χ1v) is 8.81. The Kier molecular flexibility index (Phi) is 5.26. The first kappa shape index (κ1) is 17.7. The number of ether oxygens (including phenoxy) is 1. The Labute approximate surface area is 150 Å². The van der Waals surface area contributed by atoms with Crippen LogP contribution in [0.4, 0.5) is 0 Å².